The number of nitriles is 1. The predicted molar refractivity (Wildman–Crippen MR) is 93.2 cm³/mol. The molecule has 4 nitrogen and oxygen atoms in total. The van der Waals surface area contributed by atoms with Gasteiger partial charge in [0.25, 0.3) is 5.56 Å². The van der Waals surface area contributed by atoms with Crippen molar-refractivity contribution in [3.05, 3.63) is 57.5 Å². The fraction of sp³-hybridized carbons (Fsp3) is 0.368. The van der Waals surface area contributed by atoms with E-state index in [1.165, 1.54) is 0 Å². The molecule has 120 valence electrons. The smallest absolute Gasteiger partial charge is 0.266 e. The number of benzene rings is 1. The molecule has 1 aromatic carbocycles. The zero-order valence-corrected chi connectivity index (χ0v) is 14.0. The van der Waals surface area contributed by atoms with Crippen LogP contribution in [-0.4, -0.2) is 23.5 Å². The first-order valence-electron chi connectivity index (χ1n) is 7.97. The van der Waals surface area contributed by atoms with Crippen molar-refractivity contribution in [1.29, 1.82) is 5.26 Å². The van der Waals surface area contributed by atoms with Crippen molar-refractivity contribution in [2.24, 2.45) is 0 Å². The molecule has 0 fully saturated rings. The standard InChI is InChI=1S/C19H23N3O/c1-4-5-10-22(3)13-15-8-6-7-9-16(15)17-11-14(2)21-19(23)18(17)12-20/h6-9,11H,4-5,10,13H2,1-3H3,(H,21,23). The van der Waals surface area contributed by atoms with Gasteiger partial charge in [-0.05, 0) is 44.1 Å². The topological polar surface area (TPSA) is 59.9 Å². The second-order valence-electron chi connectivity index (χ2n) is 5.93. The molecular weight excluding hydrogens is 286 g/mol. The Labute approximate surface area is 137 Å². The Kier molecular flexibility index (Phi) is 5.72. The zero-order chi connectivity index (χ0) is 16.8. The van der Waals surface area contributed by atoms with Gasteiger partial charge in [-0.1, -0.05) is 37.6 Å². The first-order valence-corrected chi connectivity index (χ1v) is 7.97. The van der Waals surface area contributed by atoms with Crippen molar-refractivity contribution in [2.75, 3.05) is 13.6 Å². The van der Waals surface area contributed by atoms with Gasteiger partial charge < -0.3 is 9.88 Å². The minimum Gasteiger partial charge on any atom is -0.325 e. The number of pyridine rings is 1. The second kappa shape index (κ2) is 7.75. The molecule has 4 heteroatoms. The molecule has 1 heterocycles. The molecule has 1 aromatic heterocycles. The van der Waals surface area contributed by atoms with Crippen LogP contribution >= 0.6 is 0 Å². The van der Waals surface area contributed by atoms with Gasteiger partial charge >= 0.3 is 0 Å². The van der Waals surface area contributed by atoms with E-state index in [1.807, 2.05) is 37.3 Å². The maximum Gasteiger partial charge on any atom is 0.266 e. The normalized spacial score (nSPS) is 10.7. The van der Waals surface area contributed by atoms with Crippen LogP contribution in [0, 0.1) is 18.3 Å². The van der Waals surface area contributed by atoms with Crippen LogP contribution in [0.3, 0.4) is 0 Å². The third-order valence-corrected chi connectivity index (χ3v) is 3.92. The lowest BCUT2D eigenvalue weighted by molar-refractivity contribution is 0.321. The fourth-order valence-electron chi connectivity index (χ4n) is 2.73. The van der Waals surface area contributed by atoms with Crippen LogP contribution in [0.4, 0.5) is 0 Å². The molecule has 0 saturated heterocycles. The summed E-state index contributed by atoms with van der Waals surface area (Å²) < 4.78 is 0. The van der Waals surface area contributed by atoms with E-state index in [0.29, 0.717) is 5.56 Å². The van der Waals surface area contributed by atoms with Crippen molar-refractivity contribution < 1.29 is 0 Å². The summed E-state index contributed by atoms with van der Waals surface area (Å²) in [6.45, 7) is 5.85. The lowest BCUT2D eigenvalue weighted by atomic mass is 9.96. The number of unbranched alkanes of at least 4 members (excludes halogenated alkanes) is 1. The summed E-state index contributed by atoms with van der Waals surface area (Å²) in [5.41, 5.74) is 3.43. The third kappa shape index (κ3) is 4.08. The Morgan fingerprint density at radius 3 is 2.70 bits per heavy atom. The summed E-state index contributed by atoms with van der Waals surface area (Å²) in [5, 5.41) is 9.36. The molecule has 1 N–H and O–H groups in total. The van der Waals surface area contributed by atoms with Crippen LogP contribution in [0.25, 0.3) is 11.1 Å². The minimum atomic E-state index is -0.323. The summed E-state index contributed by atoms with van der Waals surface area (Å²) >= 11 is 0. The summed E-state index contributed by atoms with van der Waals surface area (Å²) in [4.78, 5) is 17.0. The number of hydrogen-bond acceptors (Lipinski definition) is 3. The van der Waals surface area contributed by atoms with Crippen molar-refractivity contribution in [3.8, 4) is 17.2 Å². The fourth-order valence-corrected chi connectivity index (χ4v) is 2.73. The molecule has 0 bridgehead atoms. The third-order valence-electron chi connectivity index (χ3n) is 3.92. The van der Waals surface area contributed by atoms with E-state index in [9.17, 15) is 10.1 Å². The average Bonchev–Trinajstić information content (AvgIpc) is 2.53. The largest absolute Gasteiger partial charge is 0.325 e. The number of H-pyrrole nitrogens is 1. The van der Waals surface area contributed by atoms with Gasteiger partial charge in [-0.2, -0.15) is 5.26 Å². The van der Waals surface area contributed by atoms with E-state index in [0.717, 1.165) is 42.8 Å². The first kappa shape index (κ1) is 17.0. The van der Waals surface area contributed by atoms with Crippen LogP contribution in [0.5, 0.6) is 0 Å². The monoisotopic (exact) mass is 309 g/mol. The Morgan fingerprint density at radius 1 is 1.26 bits per heavy atom. The molecule has 0 amide bonds. The van der Waals surface area contributed by atoms with Crippen molar-refractivity contribution >= 4 is 0 Å². The van der Waals surface area contributed by atoms with E-state index in [1.54, 1.807) is 0 Å². The number of aromatic amines is 1. The number of nitrogens with one attached hydrogen (secondary N) is 1. The molecule has 0 spiro atoms. The van der Waals surface area contributed by atoms with Crippen LogP contribution in [0.1, 0.15) is 36.6 Å². The molecule has 0 aliphatic heterocycles. The highest BCUT2D eigenvalue weighted by Crippen LogP contribution is 2.26. The molecule has 0 radical (unpaired) electrons. The number of nitrogens with zero attached hydrogens (tertiary/aromatic N) is 2. The highest BCUT2D eigenvalue weighted by Gasteiger charge is 2.14. The van der Waals surface area contributed by atoms with Gasteiger partial charge in [-0.15, -0.1) is 0 Å². The van der Waals surface area contributed by atoms with Gasteiger partial charge in [0.05, 0.1) is 0 Å². The van der Waals surface area contributed by atoms with Gasteiger partial charge in [0, 0.05) is 17.8 Å². The van der Waals surface area contributed by atoms with E-state index >= 15 is 0 Å². The predicted octanol–water partition coefficient (Wildman–Crippen LogP) is 3.45. The van der Waals surface area contributed by atoms with Gasteiger partial charge in [0.2, 0.25) is 0 Å². The zero-order valence-electron chi connectivity index (χ0n) is 14.0. The molecule has 0 aliphatic rings. The first-order chi connectivity index (χ1) is 11.1. The number of aryl methyl sites for hydroxylation is 1. The van der Waals surface area contributed by atoms with Crippen molar-refractivity contribution in [2.45, 2.75) is 33.2 Å². The summed E-state index contributed by atoms with van der Waals surface area (Å²) in [6.07, 6.45) is 2.32. The van der Waals surface area contributed by atoms with Crippen LogP contribution in [-0.2, 0) is 6.54 Å². The maximum atomic E-state index is 12.1. The van der Waals surface area contributed by atoms with Gasteiger partial charge in [-0.25, -0.2) is 0 Å². The molecule has 0 unspecified atom stereocenters. The van der Waals surface area contributed by atoms with E-state index in [4.69, 9.17) is 0 Å². The quantitative estimate of drug-likeness (QED) is 0.889. The van der Waals surface area contributed by atoms with E-state index in [-0.39, 0.29) is 11.1 Å². The lowest BCUT2D eigenvalue weighted by Gasteiger charge is -2.19. The molecule has 0 saturated carbocycles. The molecule has 2 aromatic rings. The highest BCUT2D eigenvalue weighted by molar-refractivity contribution is 5.73. The number of hydrogen-bond donors (Lipinski definition) is 1. The molecular formula is C19H23N3O. The second-order valence-corrected chi connectivity index (χ2v) is 5.93. The van der Waals surface area contributed by atoms with Gasteiger partial charge in [0.1, 0.15) is 11.6 Å². The van der Waals surface area contributed by atoms with Crippen LogP contribution in [0.2, 0.25) is 0 Å². The Morgan fingerprint density at radius 2 is 2.00 bits per heavy atom. The Bertz CT molecular complexity index is 771. The summed E-state index contributed by atoms with van der Waals surface area (Å²) in [5.74, 6) is 0. The number of rotatable bonds is 6. The van der Waals surface area contributed by atoms with Crippen molar-refractivity contribution in [3.63, 3.8) is 0 Å². The summed E-state index contributed by atoms with van der Waals surface area (Å²) in [7, 11) is 2.10. The maximum absolute atomic E-state index is 12.1. The number of aromatic nitrogens is 1. The Hall–Kier alpha value is -2.38. The molecule has 0 aliphatic carbocycles. The van der Waals surface area contributed by atoms with Crippen LogP contribution < -0.4 is 5.56 Å². The minimum absolute atomic E-state index is 0.180. The van der Waals surface area contributed by atoms with Crippen LogP contribution in [0.15, 0.2) is 35.1 Å². The lowest BCUT2D eigenvalue weighted by Crippen LogP contribution is -2.20. The van der Waals surface area contributed by atoms with E-state index < -0.39 is 0 Å². The average molecular weight is 309 g/mol. The SMILES string of the molecule is CCCCN(C)Cc1ccccc1-c1cc(C)[nH]c(=O)c1C#N. The van der Waals surface area contributed by atoms with Gasteiger partial charge in [0.15, 0.2) is 0 Å². The summed E-state index contributed by atoms with van der Waals surface area (Å²) in [6, 6.07) is 11.9. The van der Waals surface area contributed by atoms with Crippen molar-refractivity contribution in [1.82, 2.24) is 9.88 Å². The Balaban J connectivity index is 2.46. The molecule has 0 atom stereocenters. The molecule has 23 heavy (non-hydrogen) atoms. The highest BCUT2D eigenvalue weighted by atomic mass is 16.1. The molecule has 2 rings (SSSR count). The van der Waals surface area contributed by atoms with Gasteiger partial charge in [-0.3, -0.25) is 4.79 Å². The van der Waals surface area contributed by atoms with E-state index in [2.05, 4.69) is 29.9 Å².